The summed E-state index contributed by atoms with van der Waals surface area (Å²) in [6, 6.07) is 62.2. The van der Waals surface area contributed by atoms with Crippen LogP contribution in [0.1, 0.15) is 150 Å². The number of fused-ring (bicyclic) bond motifs is 3. The van der Waals surface area contributed by atoms with Crippen LogP contribution in [0.5, 0.6) is 11.8 Å². The van der Waals surface area contributed by atoms with Gasteiger partial charge in [0.2, 0.25) is 11.8 Å². The topological polar surface area (TPSA) is 173 Å². The Morgan fingerprint density at radius 3 is 0.710 bits per heavy atom. The van der Waals surface area contributed by atoms with E-state index in [1.807, 2.05) is 284 Å². The van der Waals surface area contributed by atoms with Gasteiger partial charge < -0.3 is 9.47 Å². The third-order valence-corrected chi connectivity index (χ3v) is 9.44. The Kier molecular flexibility index (Phi) is 73.3. The van der Waals surface area contributed by atoms with Gasteiger partial charge in [-0.15, -0.1) is 0 Å². The average molecular weight is 1260 g/mol. The molecule has 14 nitrogen and oxygen atoms in total. The third kappa shape index (κ3) is 45.8. The zero-order valence-corrected chi connectivity index (χ0v) is 60.3. The van der Waals surface area contributed by atoms with Gasteiger partial charge in [-0.3, -0.25) is 29.9 Å². The van der Waals surface area contributed by atoms with Gasteiger partial charge in [0.1, 0.15) is 0 Å². The van der Waals surface area contributed by atoms with Crippen molar-refractivity contribution in [2.75, 3.05) is 14.2 Å². The highest BCUT2D eigenvalue weighted by molar-refractivity contribution is 6.02. The summed E-state index contributed by atoms with van der Waals surface area (Å²) in [5.74, 6) is 2.43. The van der Waals surface area contributed by atoms with E-state index in [1.165, 1.54) is 0 Å². The summed E-state index contributed by atoms with van der Waals surface area (Å²) in [5, 5.41) is 2.28. The van der Waals surface area contributed by atoms with E-state index in [0.29, 0.717) is 23.4 Å². The number of hydrogen-bond donors (Lipinski definition) is 0. The molecule has 0 atom stereocenters. The van der Waals surface area contributed by atoms with Crippen LogP contribution in [0.15, 0.2) is 268 Å². The molecule has 0 saturated carbocycles. The van der Waals surface area contributed by atoms with Crippen LogP contribution >= 0.6 is 0 Å². The third-order valence-electron chi connectivity index (χ3n) is 9.44. The van der Waals surface area contributed by atoms with Crippen molar-refractivity contribution in [3.05, 3.63) is 280 Å². The van der Waals surface area contributed by atoms with E-state index in [4.69, 9.17) is 9.47 Å². The predicted octanol–water partition coefficient (Wildman–Crippen LogP) is 22.1. The van der Waals surface area contributed by atoms with Crippen molar-refractivity contribution >= 4 is 21.8 Å². The molecule has 500 valence electrons. The maximum Gasteiger partial charge on any atom is 0.212 e. The van der Waals surface area contributed by atoms with E-state index in [9.17, 15) is 0 Å². The molecule has 0 radical (unpaired) electrons. The molecule has 0 spiro atoms. The number of hydrogen-bond acceptors (Lipinski definition) is 14. The minimum atomic E-state index is 0.554. The van der Waals surface area contributed by atoms with Crippen LogP contribution in [0.4, 0.5) is 0 Å². The molecule has 2 aromatic carbocycles. The molecule has 0 unspecified atom stereocenters. The fourth-order valence-corrected chi connectivity index (χ4v) is 6.05. The van der Waals surface area contributed by atoms with Crippen molar-refractivity contribution in [1.29, 1.82) is 0 Å². The number of ether oxygens (including phenoxy) is 2. The van der Waals surface area contributed by atoms with E-state index in [1.54, 1.807) is 113 Å². The average Bonchev–Trinajstić information content (AvgIpc) is 1.05. The largest absolute Gasteiger partial charge is 0.481 e. The van der Waals surface area contributed by atoms with Gasteiger partial charge in [-0.2, -0.15) is 0 Å². The van der Waals surface area contributed by atoms with Crippen LogP contribution in [-0.2, 0) is 6.42 Å². The molecule has 12 aromatic rings. The van der Waals surface area contributed by atoms with Crippen LogP contribution in [-0.4, -0.2) is 74.0 Å². The van der Waals surface area contributed by atoms with E-state index in [0.717, 1.165) is 51.0 Å². The van der Waals surface area contributed by atoms with Gasteiger partial charge in [0, 0.05) is 115 Å². The van der Waals surface area contributed by atoms with Crippen LogP contribution in [0.3, 0.4) is 0 Å². The smallest absolute Gasteiger partial charge is 0.212 e. The Morgan fingerprint density at radius 1 is 0.215 bits per heavy atom. The molecule has 10 heterocycles. The summed E-state index contributed by atoms with van der Waals surface area (Å²) in [6.45, 7) is 40.0. The fraction of sp³-hybridized carbons (Fsp3) is 0.291. The fourth-order valence-electron chi connectivity index (χ4n) is 6.05. The molecule has 0 saturated heterocycles. The van der Waals surface area contributed by atoms with Crippen LogP contribution in [0, 0.1) is 0 Å². The standard InChI is InChI=1S/C12H8N2.C11H10N2.C10H8N2.C8H6N4.2C6H7NO.C6H6.10C2H6/c1-3-9-5-6-10-4-2-8-14-12(10)11(9)13-7-1;1-3-7-12-10(5-1)9-11-6-2-4-8-13-11;1-3-7-11-9(5-1)10-6-2-4-8-12-10;1-3-9-7(10-4-1)8-11-5-2-6-12-8;2*1-8-6-4-2-3-5-7-6;1-2-4-6-5-3-1;10*1-2/h1-8H;1-8H,9H2;1-8H;1-6H;2*2-5H,1H3;1-6H;10*1-2H3. The molecule has 0 bridgehead atoms. The molecule has 0 aliphatic carbocycles. The van der Waals surface area contributed by atoms with Crippen LogP contribution in [0.2, 0.25) is 0 Å². The first-order chi connectivity index (χ1) is 46.2. The van der Waals surface area contributed by atoms with E-state index in [-0.39, 0.29) is 0 Å². The van der Waals surface area contributed by atoms with Gasteiger partial charge in [0.15, 0.2) is 11.6 Å². The monoisotopic (exact) mass is 1260 g/mol. The molecule has 0 amide bonds. The van der Waals surface area contributed by atoms with Crippen molar-refractivity contribution in [3.8, 4) is 34.8 Å². The van der Waals surface area contributed by atoms with E-state index < -0.39 is 0 Å². The minimum Gasteiger partial charge on any atom is -0.481 e. The summed E-state index contributed by atoms with van der Waals surface area (Å²) in [7, 11) is 3.20. The van der Waals surface area contributed by atoms with Gasteiger partial charge in [0.25, 0.3) is 0 Å². The quantitative estimate of drug-likeness (QED) is 0.144. The molecule has 12 rings (SSSR count). The lowest BCUT2D eigenvalue weighted by Crippen LogP contribution is -1.92. The van der Waals surface area contributed by atoms with Gasteiger partial charge in [-0.05, 0) is 84.9 Å². The molecule has 93 heavy (non-hydrogen) atoms. The summed E-state index contributed by atoms with van der Waals surface area (Å²) in [5.41, 5.74) is 5.90. The highest BCUT2D eigenvalue weighted by Crippen LogP contribution is 2.20. The Morgan fingerprint density at radius 2 is 0.473 bits per heavy atom. The first kappa shape index (κ1) is 91.7. The Labute approximate surface area is 562 Å². The Bertz CT molecular complexity index is 2950. The molecule has 0 aliphatic heterocycles. The Hall–Kier alpha value is -10.1. The van der Waals surface area contributed by atoms with Crippen molar-refractivity contribution < 1.29 is 9.47 Å². The van der Waals surface area contributed by atoms with Crippen LogP contribution < -0.4 is 9.47 Å². The molecular formula is C79H112N12O2. The van der Waals surface area contributed by atoms with Crippen molar-refractivity contribution in [2.24, 2.45) is 0 Å². The predicted molar refractivity (Wildman–Crippen MR) is 400 cm³/mol. The normalized spacial score (nSPS) is 8.15. The lowest BCUT2D eigenvalue weighted by Gasteiger charge is -2.00. The molecule has 0 N–H and O–H groups in total. The summed E-state index contributed by atoms with van der Waals surface area (Å²) >= 11 is 0. The van der Waals surface area contributed by atoms with Crippen LogP contribution in [0.25, 0.3) is 44.8 Å². The lowest BCUT2D eigenvalue weighted by molar-refractivity contribution is 0.398. The molecule has 0 aliphatic rings. The summed E-state index contributed by atoms with van der Waals surface area (Å²) < 4.78 is 9.61. The zero-order valence-electron chi connectivity index (χ0n) is 60.3. The summed E-state index contributed by atoms with van der Waals surface area (Å²) in [4.78, 5) is 49.3. The first-order valence-corrected chi connectivity index (χ1v) is 32.9. The maximum absolute atomic E-state index is 4.80. The zero-order chi connectivity index (χ0) is 70.6. The van der Waals surface area contributed by atoms with Gasteiger partial charge >= 0.3 is 0 Å². The number of pyridine rings is 8. The first-order valence-electron chi connectivity index (χ1n) is 32.9. The Balaban J connectivity index is -0.000000313. The number of aromatic nitrogens is 12. The highest BCUT2D eigenvalue weighted by atomic mass is 16.5. The number of rotatable bonds is 6. The van der Waals surface area contributed by atoms with Crippen molar-refractivity contribution in [1.82, 2.24) is 59.8 Å². The lowest BCUT2D eigenvalue weighted by atomic mass is 10.1. The van der Waals surface area contributed by atoms with Gasteiger partial charge in [-0.1, -0.05) is 236 Å². The van der Waals surface area contributed by atoms with Crippen molar-refractivity contribution in [2.45, 2.75) is 145 Å². The SMILES string of the molecule is CC.CC.CC.CC.CC.CC.CC.CC.CC.CC.COc1ccccn1.COc1ccccn1.c1ccc(-c2ccccn2)nc1.c1ccc(Cc2ccccn2)nc1.c1ccccc1.c1cnc(-c2ncccn2)nc1.c1cnc2c(c1)ccc1cccnc12. The number of nitrogens with zero attached hydrogens (tertiary/aromatic N) is 12. The molecule has 0 fully saturated rings. The number of benzene rings is 2. The van der Waals surface area contributed by atoms with E-state index >= 15 is 0 Å². The second-order valence-electron chi connectivity index (χ2n) is 14.5. The maximum atomic E-state index is 4.80. The molecular weight excluding hydrogens is 1150 g/mol. The van der Waals surface area contributed by atoms with Gasteiger partial charge in [0.05, 0.1) is 36.6 Å². The highest BCUT2D eigenvalue weighted by Gasteiger charge is 2.02. The minimum absolute atomic E-state index is 0.554. The van der Waals surface area contributed by atoms with Gasteiger partial charge in [-0.25, -0.2) is 29.9 Å². The molecule has 14 heteroatoms. The van der Waals surface area contributed by atoms with Crippen molar-refractivity contribution in [3.63, 3.8) is 0 Å². The molecule has 10 aromatic heterocycles. The van der Waals surface area contributed by atoms with E-state index in [2.05, 4.69) is 84.1 Å². The summed E-state index contributed by atoms with van der Waals surface area (Å²) in [6.07, 6.45) is 21.6. The number of methoxy groups -OCH3 is 2. The second-order valence-corrected chi connectivity index (χ2v) is 14.5. The second kappa shape index (κ2) is 74.4.